The molecule has 85 heavy (non-hydrogen) atoms. The van der Waals surface area contributed by atoms with Gasteiger partial charge in [0.25, 0.3) is 0 Å². The van der Waals surface area contributed by atoms with Crippen LogP contribution >= 0.6 is 11.3 Å². The molecule has 0 saturated carbocycles. The van der Waals surface area contributed by atoms with Crippen molar-refractivity contribution >= 4 is 130 Å². The monoisotopic (exact) mass is 1100 g/mol. The molecule has 0 aliphatic heterocycles. The standard InChI is InChI=1S/C78H44N6S/c79-45-62-73(81-64-33-11-4-24-52(64)53-25-5-12-34-65(53)81)63(46-80)75(83-68-37-15-8-28-56(68)57-29-9-16-38-69(57)83)77(74(62)82-66-35-13-6-26-54(66)55-27-7-14-36-67(55)82)84-70-43-40-49(51-32-19-23-48-22-18-31-50(72(48)51)47-20-2-1-3-21-47)44-61(70)59-41-42-60-58-30-10-17-39-71(58)85-78(60)76(59)84/h1-44H. The average molecular weight is 1100 g/mol. The van der Waals surface area contributed by atoms with E-state index in [1.54, 1.807) is 11.3 Å². The normalized spacial score (nSPS) is 12.0. The van der Waals surface area contributed by atoms with E-state index in [-0.39, 0.29) is 0 Å². The van der Waals surface area contributed by atoms with Crippen molar-refractivity contribution < 1.29 is 0 Å². The quantitative estimate of drug-likeness (QED) is 0.166. The first-order valence-electron chi connectivity index (χ1n) is 28.6. The number of benzene rings is 13. The number of fused-ring (bicyclic) bond motifs is 17. The van der Waals surface area contributed by atoms with Crippen molar-refractivity contribution in [1.29, 1.82) is 10.5 Å². The first-order chi connectivity index (χ1) is 42.2. The number of nitriles is 2. The first-order valence-corrected chi connectivity index (χ1v) is 29.4. The predicted octanol–water partition coefficient (Wildman–Crippen LogP) is 20.7. The highest BCUT2D eigenvalue weighted by atomic mass is 32.1. The van der Waals surface area contributed by atoms with Gasteiger partial charge in [-0.25, -0.2) is 0 Å². The van der Waals surface area contributed by atoms with Crippen molar-refractivity contribution in [2.24, 2.45) is 0 Å². The molecule has 0 radical (unpaired) electrons. The smallest absolute Gasteiger partial charge is 0.104 e. The lowest BCUT2D eigenvalue weighted by Gasteiger charge is -2.27. The third-order valence-electron chi connectivity index (χ3n) is 17.8. The Labute approximate surface area is 490 Å². The van der Waals surface area contributed by atoms with Crippen LogP contribution in [0.25, 0.3) is 163 Å². The van der Waals surface area contributed by atoms with E-state index in [1.165, 1.54) is 21.0 Å². The van der Waals surface area contributed by atoms with E-state index < -0.39 is 0 Å². The van der Waals surface area contributed by atoms with Crippen LogP contribution in [0.2, 0.25) is 0 Å². The molecule has 7 heteroatoms. The summed E-state index contributed by atoms with van der Waals surface area (Å²) in [6.07, 6.45) is 0. The SMILES string of the molecule is N#Cc1c(-n2c3ccccc3c3ccccc32)c(C#N)c(-n2c3ccccc3c3ccccc32)c(-n2c3ccc(-c4cccc5cccc(-c6ccccc6)c45)cc3c3ccc4c5ccccc5sc4c32)c1-n1c2ccccc2c2ccccc21. The van der Waals surface area contributed by atoms with Gasteiger partial charge >= 0.3 is 0 Å². The third kappa shape index (κ3) is 6.50. The molecular formula is C78H44N6S. The maximum Gasteiger partial charge on any atom is 0.104 e. The van der Waals surface area contributed by atoms with E-state index in [1.807, 2.05) is 0 Å². The van der Waals surface area contributed by atoms with Crippen molar-refractivity contribution in [3.05, 3.63) is 278 Å². The van der Waals surface area contributed by atoms with Gasteiger partial charge < -0.3 is 18.3 Å². The molecule has 0 aliphatic carbocycles. The van der Waals surface area contributed by atoms with Gasteiger partial charge in [0.15, 0.2) is 0 Å². The van der Waals surface area contributed by atoms with Crippen LogP contribution in [0.1, 0.15) is 11.1 Å². The average Bonchev–Trinajstić information content (AvgIpc) is 1.82. The Morgan fingerprint density at radius 1 is 0.282 bits per heavy atom. The number of nitrogens with zero attached hydrogens (tertiary/aromatic N) is 6. The third-order valence-corrected chi connectivity index (χ3v) is 19.0. The van der Waals surface area contributed by atoms with Crippen LogP contribution < -0.4 is 0 Å². The summed E-state index contributed by atoms with van der Waals surface area (Å²) in [5.74, 6) is 0. The molecule has 18 aromatic rings. The van der Waals surface area contributed by atoms with Crippen LogP contribution in [0, 0.1) is 22.7 Å². The van der Waals surface area contributed by atoms with Gasteiger partial charge in [-0.3, -0.25) is 0 Å². The Balaban J connectivity index is 1.12. The molecule has 5 aromatic heterocycles. The molecule has 5 heterocycles. The number of thiophene rings is 1. The summed E-state index contributed by atoms with van der Waals surface area (Å²) >= 11 is 1.79. The zero-order chi connectivity index (χ0) is 56.0. The van der Waals surface area contributed by atoms with E-state index in [2.05, 4.69) is 297 Å². The lowest BCUT2D eigenvalue weighted by atomic mass is 9.91. The second-order valence-electron chi connectivity index (χ2n) is 22.1. The van der Waals surface area contributed by atoms with E-state index in [0.717, 1.165) is 119 Å². The fourth-order valence-corrected chi connectivity index (χ4v) is 15.6. The molecule has 18 rings (SSSR count). The lowest BCUT2D eigenvalue weighted by molar-refractivity contribution is 1.02. The van der Waals surface area contributed by atoms with Gasteiger partial charge in [-0.05, 0) is 87.6 Å². The molecule has 0 atom stereocenters. The van der Waals surface area contributed by atoms with Crippen molar-refractivity contribution in [3.8, 4) is 57.1 Å². The fourth-order valence-electron chi connectivity index (χ4n) is 14.4. The highest BCUT2D eigenvalue weighted by molar-refractivity contribution is 7.26. The first kappa shape index (κ1) is 47.2. The fraction of sp³-hybridized carbons (Fsp3) is 0. The summed E-state index contributed by atoms with van der Waals surface area (Å²) in [6, 6.07) is 101. The summed E-state index contributed by atoms with van der Waals surface area (Å²) in [4.78, 5) is 0. The summed E-state index contributed by atoms with van der Waals surface area (Å²) in [5.41, 5.74) is 15.3. The number of aromatic nitrogens is 4. The van der Waals surface area contributed by atoms with Gasteiger partial charge in [0.1, 0.15) is 23.3 Å². The minimum atomic E-state index is 0.369. The molecule has 0 unspecified atom stereocenters. The minimum absolute atomic E-state index is 0.369. The van der Waals surface area contributed by atoms with Crippen LogP contribution in [-0.4, -0.2) is 18.3 Å². The molecule has 0 saturated heterocycles. The molecular weight excluding hydrogens is 1050 g/mol. The summed E-state index contributed by atoms with van der Waals surface area (Å²) in [5, 5.41) is 38.5. The Morgan fingerprint density at radius 3 is 1.19 bits per heavy atom. The van der Waals surface area contributed by atoms with Gasteiger partial charge in [0.05, 0.1) is 71.6 Å². The largest absolute Gasteiger partial charge is 0.306 e. The second-order valence-corrected chi connectivity index (χ2v) is 23.1. The molecule has 0 N–H and O–H groups in total. The molecule has 0 amide bonds. The van der Waals surface area contributed by atoms with Crippen LogP contribution in [0.3, 0.4) is 0 Å². The summed E-state index contributed by atoms with van der Waals surface area (Å²) in [7, 11) is 0. The van der Waals surface area contributed by atoms with Crippen LogP contribution in [0.15, 0.2) is 267 Å². The van der Waals surface area contributed by atoms with Gasteiger partial charge in [-0.15, -0.1) is 11.3 Å². The van der Waals surface area contributed by atoms with Gasteiger partial charge in [0.2, 0.25) is 0 Å². The number of para-hydroxylation sites is 6. The van der Waals surface area contributed by atoms with Gasteiger partial charge in [0, 0.05) is 58.6 Å². The predicted molar refractivity (Wildman–Crippen MR) is 354 cm³/mol. The molecule has 0 aliphatic rings. The number of hydrogen-bond donors (Lipinski definition) is 0. The number of hydrogen-bond acceptors (Lipinski definition) is 3. The maximum absolute atomic E-state index is 12.7. The van der Waals surface area contributed by atoms with Crippen molar-refractivity contribution in [1.82, 2.24) is 18.3 Å². The highest BCUT2D eigenvalue weighted by Crippen LogP contribution is 2.52. The zero-order valence-corrected chi connectivity index (χ0v) is 46.3. The molecule has 0 spiro atoms. The van der Waals surface area contributed by atoms with Crippen LogP contribution in [-0.2, 0) is 0 Å². The van der Waals surface area contributed by atoms with E-state index in [9.17, 15) is 10.5 Å². The molecule has 13 aromatic carbocycles. The molecule has 6 nitrogen and oxygen atoms in total. The second kappa shape index (κ2) is 18.0. The van der Waals surface area contributed by atoms with E-state index >= 15 is 0 Å². The van der Waals surface area contributed by atoms with Crippen LogP contribution in [0.5, 0.6) is 0 Å². The highest BCUT2D eigenvalue weighted by Gasteiger charge is 2.35. The van der Waals surface area contributed by atoms with Crippen molar-refractivity contribution in [2.45, 2.75) is 0 Å². The summed E-state index contributed by atoms with van der Waals surface area (Å²) < 4.78 is 11.6. The van der Waals surface area contributed by atoms with Crippen molar-refractivity contribution in [2.75, 3.05) is 0 Å². The molecule has 392 valence electrons. The zero-order valence-electron chi connectivity index (χ0n) is 45.5. The molecule has 0 fully saturated rings. The lowest BCUT2D eigenvalue weighted by Crippen LogP contribution is -2.17. The van der Waals surface area contributed by atoms with E-state index in [4.69, 9.17) is 0 Å². The van der Waals surface area contributed by atoms with Crippen molar-refractivity contribution in [3.63, 3.8) is 0 Å². The Hall–Kier alpha value is -11.5. The topological polar surface area (TPSA) is 67.3 Å². The maximum atomic E-state index is 12.7. The van der Waals surface area contributed by atoms with E-state index in [0.29, 0.717) is 33.9 Å². The minimum Gasteiger partial charge on any atom is -0.306 e. The molecule has 0 bridgehead atoms. The number of rotatable bonds is 6. The Morgan fingerprint density at radius 2 is 0.694 bits per heavy atom. The Bertz CT molecular complexity index is 5690. The van der Waals surface area contributed by atoms with Crippen LogP contribution in [0.4, 0.5) is 0 Å². The Kier molecular flexibility index (Phi) is 10.00. The van der Waals surface area contributed by atoms with Gasteiger partial charge in [-0.1, -0.05) is 212 Å². The van der Waals surface area contributed by atoms with Gasteiger partial charge in [-0.2, -0.15) is 10.5 Å². The summed E-state index contributed by atoms with van der Waals surface area (Å²) in [6.45, 7) is 0.